The van der Waals surface area contributed by atoms with Gasteiger partial charge in [-0.1, -0.05) is 26.8 Å². The standard InChI is InChI=1S/C12H21NS/c1-4-12(10(2)3)13-8-7-11-6-5-9-14-11/h5-6,9-10,12-13H,4,7-8H2,1-3H3. The van der Waals surface area contributed by atoms with E-state index in [4.69, 9.17) is 0 Å². The summed E-state index contributed by atoms with van der Waals surface area (Å²) in [7, 11) is 0. The lowest BCUT2D eigenvalue weighted by Crippen LogP contribution is -2.34. The third kappa shape index (κ3) is 3.81. The molecule has 0 bridgehead atoms. The van der Waals surface area contributed by atoms with E-state index in [0.29, 0.717) is 6.04 Å². The fourth-order valence-corrected chi connectivity index (χ4v) is 2.40. The highest BCUT2D eigenvalue weighted by Crippen LogP contribution is 2.09. The Kier molecular flexibility index (Phi) is 5.20. The number of thiophene rings is 1. The highest BCUT2D eigenvalue weighted by atomic mass is 32.1. The molecule has 14 heavy (non-hydrogen) atoms. The minimum Gasteiger partial charge on any atom is -0.313 e. The topological polar surface area (TPSA) is 12.0 Å². The Labute approximate surface area is 91.5 Å². The summed E-state index contributed by atoms with van der Waals surface area (Å²) in [6, 6.07) is 5.01. The Balaban J connectivity index is 2.20. The fourth-order valence-electron chi connectivity index (χ4n) is 1.69. The third-order valence-electron chi connectivity index (χ3n) is 2.60. The van der Waals surface area contributed by atoms with Gasteiger partial charge in [0.1, 0.15) is 0 Å². The Bertz CT molecular complexity index is 228. The van der Waals surface area contributed by atoms with Gasteiger partial charge >= 0.3 is 0 Å². The lowest BCUT2D eigenvalue weighted by molar-refractivity contribution is 0.392. The van der Waals surface area contributed by atoms with Crippen molar-refractivity contribution >= 4 is 11.3 Å². The summed E-state index contributed by atoms with van der Waals surface area (Å²) in [5.74, 6) is 0.739. The van der Waals surface area contributed by atoms with Crippen LogP contribution in [0.5, 0.6) is 0 Å². The maximum Gasteiger partial charge on any atom is 0.00875 e. The lowest BCUT2D eigenvalue weighted by atomic mass is 10.0. The molecule has 1 N–H and O–H groups in total. The van der Waals surface area contributed by atoms with Crippen LogP contribution in [0.2, 0.25) is 0 Å². The average molecular weight is 211 g/mol. The van der Waals surface area contributed by atoms with Gasteiger partial charge in [-0.15, -0.1) is 11.3 Å². The van der Waals surface area contributed by atoms with Crippen molar-refractivity contribution in [2.75, 3.05) is 6.54 Å². The van der Waals surface area contributed by atoms with E-state index in [9.17, 15) is 0 Å². The highest BCUT2D eigenvalue weighted by molar-refractivity contribution is 7.09. The Hall–Kier alpha value is -0.340. The van der Waals surface area contributed by atoms with Crippen LogP contribution in [0.1, 0.15) is 32.1 Å². The van der Waals surface area contributed by atoms with Crippen LogP contribution in [0.4, 0.5) is 0 Å². The minimum absolute atomic E-state index is 0.676. The van der Waals surface area contributed by atoms with Crippen molar-refractivity contribution in [3.05, 3.63) is 22.4 Å². The van der Waals surface area contributed by atoms with Gasteiger partial charge in [-0.25, -0.2) is 0 Å². The summed E-state index contributed by atoms with van der Waals surface area (Å²) < 4.78 is 0. The smallest absolute Gasteiger partial charge is 0.00875 e. The molecule has 1 aromatic heterocycles. The molecule has 1 atom stereocenters. The summed E-state index contributed by atoms with van der Waals surface area (Å²) >= 11 is 1.85. The summed E-state index contributed by atoms with van der Waals surface area (Å²) in [6.45, 7) is 7.93. The zero-order chi connectivity index (χ0) is 10.4. The number of rotatable bonds is 6. The van der Waals surface area contributed by atoms with Crippen LogP contribution in [-0.2, 0) is 6.42 Å². The molecule has 0 aliphatic rings. The summed E-state index contributed by atoms with van der Waals surface area (Å²) in [6.07, 6.45) is 2.39. The maximum absolute atomic E-state index is 3.61. The molecule has 0 aromatic carbocycles. The molecule has 1 rings (SSSR count). The molecule has 80 valence electrons. The zero-order valence-electron chi connectivity index (χ0n) is 9.42. The van der Waals surface area contributed by atoms with Gasteiger partial charge in [0.2, 0.25) is 0 Å². The second-order valence-electron chi connectivity index (χ2n) is 4.04. The Morgan fingerprint density at radius 3 is 2.71 bits per heavy atom. The van der Waals surface area contributed by atoms with E-state index in [1.165, 1.54) is 17.7 Å². The SMILES string of the molecule is CCC(NCCc1cccs1)C(C)C. The van der Waals surface area contributed by atoms with Crippen molar-refractivity contribution in [1.82, 2.24) is 5.32 Å². The average Bonchev–Trinajstić information content (AvgIpc) is 2.64. The minimum atomic E-state index is 0.676. The van der Waals surface area contributed by atoms with Gasteiger partial charge in [0.05, 0.1) is 0 Å². The van der Waals surface area contributed by atoms with Gasteiger partial charge in [0.25, 0.3) is 0 Å². The Morgan fingerprint density at radius 2 is 2.21 bits per heavy atom. The summed E-state index contributed by atoms with van der Waals surface area (Å²) in [4.78, 5) is 1.48. The van der Waals surface area contributed by atoms with Crippen LogP contribution in [0.3, 0.4) is 0 Å². The maximum atomic E-state index is 3.61. The van der Waals surface area contributed by atoms with Crippen LogP contribution in [0.25, 0.3) is 0 Å². The molecule has 0 amide bonds. The van der Waals surface area contributed by atoms with E-state index < -0.39 is 0 Å². The van der Waals surface area contributed by atoms with E-state index in [-0.39, 0.29) is 0 Å². The molecule has 0 saturated carbocycles. The van der Waals surface area contributed by atoms with Crippen LogP contribution < -0.4 is 5.32 Å². The summed E-state index contributed by atoms with van der Waals surface area (Å²) in [5, 5.41) is 5.76. The molecule has 0 aliphatic heterocycles. The van der Waals surface area contributed by atoms with Crippen molar-refractivity contribution in [2.45, 2.75) is 39.7 Å². The van der Waals surface area contributed by atoms with Crippen LogP contribution in [-0.4, -0.2) is 12.6 Å². The van der Waals surface area contributed by atoms with Gasteiger partial charge in [0, 0.05) is 17.5 Å². The molecular formula is C12H21NS. The second-order valence-corrected chi connectivity index (χ2v) is 5.07. The van der Waals surface area contributed by atoms with Crippen molar-refractivity contribution in [1.29, 1.82) is 0 Å². The molecule has 0 aliphatic carbocycles. The Morgan fingerprint density at radius 1 is 1.43 bits per heavy atom. The molecular weight excluding hydrogens is 190 g/mol. The number of nitrogens with one attached hydrogen (secondary N) is 1. The number of hydrogen-bond donors (Lipinski definition) is 1. The predicted molar refractivity (Wildman–Crippen MR) is 64.9 cm³/mol. The van der Waals surface area contributed by atoms with E-state index >= 15 is 0 Å². The second kappa shape index (κ2) is 6.20. The van der Waals surface area contributed by atoms with Gasteiger partial charge in [-0.2, -0.15) is 0 Å². The van der Waals surface area contributed by atoms with Crippen molar-refractivity contribution in [2.24, 2.45) is 5.92 Å². The predicted octanol–water partition coefficient (Wildman–Crippen LogP) is 3.31. The van der Waals surface area contributed by atoms with Gasteiger partial charge < -0.3 is 5.32 Å². The van der Waals surface area contributed by atoms with E-state index in [2.05, 4.69) is 43.6 Å². The quantitative estimate of drug-likeness (QED) is 0.761. The first-order chi connectivity index (χ1) is 6.74. The van der Waals surface area contributed by atoms with E-state index in [1.807, 2.05) is 11.3 Å². The van der Waals surface area contributed by atoms with Crippen molar-refractivity contribution in [3.8, 4) is 0 Å². The van der Waals surface area contributed by atoms with E-state index in [0.717, 1.165) is 12.5 Å². The van der Waals surface area contributed by atoms with Crippen molar-refractivity contribution < 1.29 is 0 Å². The summed E-state index contributed by atoms with van der Waals surface area (Å²) in [5.41, 5.74) is 0. The molecule has 1 aromatic rings. The van der Waals surface area contributed by atoms with Crippen LogP contribution >= 0.6 is 11.3 Å². The first kappa shape index (κ1) is 11.7. The molecule has 2 heteroatoms. The first-order valence-electron chi connectivity index (χ1n) is 5.49. The monoisotopic (exact) mass is 211 g/mol. The third-order valence-corrected chi connectivity index (χ3v) is 3.54. The molecule has 1 heterocycles. The molecule has 0 spiro atoms. The molecule has 0 fully saturated rings. The molecule has 0 radical (unpaired) electrons. The number of hydrogen-bond acceptors (Lipinski definition) is 2. The fraction of sp³-hybridized carbons (Fsp3) is 0.667. The van der Waals surface area contributed by atoms with Gasteiger partial charge in [0.15, 0.2) is 0 Å². The zero-order valence-corrected chi connectivity index (χ0v) is 10.2. The van der Waals surface area contributed by atoms with E-state index in [1.54, 1.807) is 0 Å². The first-order valence-corrected chi connectivity index (χ1v) is 6.37. The molecule has 1 unspecified atom stereocenters. The van der Waals surface area contributed by atoms with Gasteiger partial charge in [-0.05, 0) is 30.2 Å². The van der Waals surface area contributed by atoms with Crippen molar-refractivity contribution in [3.63, 3.8) is 0 Å². The molecule has 1 nitrogen and oxygen atoms in total. The van der Waals surface area contributed by atoms with Crippen LogP contribution in [0, 0.1) is 5.92 Å². The largest absolute Gasteiger partial charge is 0.313 e. The normalized spacial score (nSPS) is 13.4. The lowest BCUT2D eigenvalue weighted by Gasteiger charge is -2.20. The van der Waals surface area contributed by atoms with Crippen LogP contribution in [0.15, 0.2) is 17.5 Å². The highest BCUT2D eigenvalue weighted by Gasteiger charge is 2.09. The molecule has 0 saturated heterocycles. The van der Waals surface area contributed by atoms with Gasteiger partial charge in [-0.3, -0.25) is 0 Å².